The summed E-state index contributed by atoms with van der Waals surface area (Å²) in [7, 11) is -3.09. The summed E-state index contributed by atoms with van der Waals surface area (Å²) in [6.07, 6.45) is 2.86. The molecule has 0 bridgehead atoms. The molecule has 2 aliphatic heterocycles. The van der Waals surface area contributed by atoms with Gasteiger partial charge in [0.05, 0.1) is 23.6 Å². The van der Waals surface area contributed by atoms with Crippen LogP contribution in [0.3, 0.4) is 0 Å². The van der Waals surface area contributed by atoms with Crippen molar-refractivity contribution in [2.24, 2.45) is 0 Å². The molecule has 7 nitrogen and oxygen atoms in total. The Morgan fingerprint density at radius 1 is 1.24 bits per heavy atom. The minimum atomic E-state index is -3.09. The van der Waals surface area contributed by atoms with Crippen LogP contribution in [-0.2, 0) is 27.6 Å². The van der Waals surface area contributed by atoms with Crippen LogP contribution in [0.25, 0.3) is 0 Å². The first-order valence-corrected chi connectivity index (χ1v) is 10.5. The Morgan fingerprint density at radius 2 is 1.92 bits per heavy atom. The minimum Gasteiger partial charge on any atom is -0.481 e. The molecule has 8 heteroatoms. The van der Waals surface area contributed by atoms with E-state index in [1.807, 2.05) is 17.2 Å². The lowest BCUT2D eigenvalue weighted by molar-refractivity contribution is -0.137. The third-order valence-corrected chi connectivity index (χ3v) is 6.88. The first-order chi connectivity index (χ1) is 11.9. The molecule has 2 saturated heterocycles. The Bertz CT molecular complexity index is 720. The maximum atomic E-state index is 12.2. The zero-order valence-electron chi connectivity index (χ0n) is 14.5. The van der Waals surface area contributed by atoms with Crippen LogP contribution in [0.2, 0.25) is 0 Å². The summed E-state index contributed by atoms with van der Waals surface area (Å²) in [6.45, 7) is 4.54. The fourth-order valence-corrected chi connectivity index (χ4v) is 5.82. The molecule has 2 fully saturated rings. The summed E-state index contributed by atoms with van der Waals surface area (Å²) in [5.74, 6) is -0.579. The van der Waals surface area contributed by atoms with Crippen LogP contribution in [0.1, 0.15) is 24.6 Å². The van der Waals surface area contributed by atoms with Crippen LogP contribution in [0.4, 0.5) is 0 Å². The fraction of sp³-hybridized carbons (Fsp3) is 0.647. The van der Waals surface area contributed by atoms with Gasteiger partial charge in [-0.2, -0.15) is 0 Å². The molecule has 138 valence electrons. The van der Waals surface area contributed by atoms with Crippen molar-refractivity contribution in [1.82, 2.24) is 14.8 Å². The second-order valence-electron chi connectivity index (χ2n) is 6.87. The Morgan fingerprint density at radius 3 is 2.52 bits per heavy atom. The van der Waals surface area contributed by atoms with Gasteiger partial charge in [-0.1, -0.05) is 13.0 Å². The van der Waals surface area contributed by atoms with Crippen molar-refractivity contribution in [3.8, 4) is 0 Å². The number of piperazine rings is 1. The first kappa shape index (κ1) is 18.3. The number of sulfone groups is 1. The van der Waals surface area contributed by atoms with Gasteiger partial charge >= 0.3 is 5.97 Å². The van der Waals surface area contributed by atoms with Gasteiger partial charge in [0.15, 0.2) is 9.84 Å². The molecule has 3 rings (SSSR count). The van der Waals surface area contributed by atoms with Gasteiger partial charge in [0.25, 0.3) is 0 Å². The number of carboxylic acid groups (broad SMARTS) is 1. The van der Waals surface area contributed by atoms with E-state index in [2.05, 4.69) is 22.9 Å². The first-order valence-electron chi connectivity index (χ1n) is 8.72. The average molecular weight is 367 g/mol. The van der Waals surface area contributed by atoms with Gasteiger partial charge in [-0.3, -0.25) is 19.6 Å². The van der Waals surface area contributed by atoms with Crippen LogP contribution in [0.5, 0.6) is 0 Å². The van der Waals surface area contributed by atoms with Crippen molar-refractivity contribution in [3.63, 3.8) is 0 Å². The molecular formula is C17H25N3O4S. The van der Waals surface area contributed by atoms with Crippen LogP contribution in [-0.4, -0.2) is 77.5 Å². The molecule has 1 aromatic heterocycles. The quantitative estimate of drug-likeness (QED) is 0.778. The average Bonchev–Trinajstić information content (AvgIpc) is 2.90. The summed E-state index contributed by atoms with van der Waals surface area (Å²) in [4.78, 5) is 19.6. The second-order valence-corrected chi connectivity index (χ2v) is 9.03. The van der Waals surface area contributed by atoms with Crippen molar-refractivity contribution >= 4 is 15.8 Å². The number of aromatic nitrogens is 1. The number of nitrogens with zero attached hydrogens (tertiary/aromatic N) is 3. The number of aliphatic carboxylic acids is 1. The van der Waals surface area contributed by atoms with E-state index in [4.69, 9.17) is 5.11 Å². The topological polar surface area (TPSA) is 90.8 Å². The summed E-state index contributed by atoms with van der Waals surface area (Å²) in [5.41, 5.74) is 2.13. The number of fused-ring (bicyclic) bond motifs is 1. The number of rotatable bonds is 6. The number of pyridine rings is 1. The summed E-state index contributed by atoms with van der Waals surface area (Å²) < 4.78 is 24.4. The predicted octanol–water partition coefficient (Wildman–Crippen LogP) is 0.402. The van der Waals surface area contributed by atoms with Crippen LogP contribution >= 0.6 is 0 Å². The van der Waals surface area contributed by atoms with E-state index in [0.29, 0.717) is 19.6 Å². The van der Waals surface area contributed by atoms with Crippen molar-refractivity contribution in [2.75, 3.05) is 31.1 Å². The Labute approximate surface area is 148 Å². The molecule has 0 saturated carbocycles. The number of aryl methyl sites for hydroxylation is 1. The van der Waals surface area contributed by atoms with E-state index in [0.717, 1.165) is 18.7 Å². The van der Waals surface area contributed by atoms with E-state index in [1.54, 1.807) is 0 Å². The van der Waals surface area contributed by atoms with E-state index >= 15 is 0 Å². The van der Waals surface area contributed by atoms with Gasteiger partial charge < -0.3 is 5.11 Å². The molecule has 2 aliphatic rings. The molecule has 2 atom stereocenters. The van der Waals surface area contributed by atoms with Gasteiger partial charge in [0, 0.05) is 44.5 Å². The van der Waals surface area contributed by atoms with Crippen molar-refractivity contribution in [2.45, 2.75) is 38.4 Å². The Kier molecular flexibility index (Phi) is 5.41. The summed E-state index contributed by atoms with van der Waals surface area (Å²) in [5, 5.41) is 8.91. The molecule has 0 radical (unpaired) electrons. The summed E-state index contributed by atoms with van der Waals surface area (Å²) >= 11 is 0. The standard InChI is InChI=1S/C17H25N3O4S/c1-2-13-3-4-14(18-9-13)10-20-8-7-19(6-5-17(21)22)15-11-25(23,24)12-16(15)20/h3-4,9,15-16H,2,5-8,10-12H2,1H3,(H,21,22). The second kappa shape index (κ2) is 7.39. The number of hydrogen-bond acceptors (Lipinski definition) is 6. The lowest BCUT2D eigenvalue weighted by Crippen LogP contribution is -2.58. The van der Waals surface area contributed by atoms with Crippen LogP contribution in [0, 0.1) is 0 Å². The molecule has 1 N–H and O–H groups in total. The highest BCUT2D eigenvalue weighted by atomic mass is 32.2. The van der Waals surface area contributed by atoms with E-state index in [-0.39, 0.29) is 30.0 Å². The highest BCUT2D eigenvalue weighted by molar-refractivity contribution is 7.91. The molecular weight excluding hydrogens is 342 g/mol. The molecule has 0 spiro atoms. The van der Waals surface area contributed by atoms with Crippen molar-refractivity contribution < 1.29 is 18.3 Å². The zero-order chi connectivity index (χ0) is 18.0. The molecule has 1 aromatic rings. The molecule has 0 amide bonds. The van der Waals surface area contributed by atoms with Crippen LogP contribution < -0.4 is 0 Å². The molecule has 2 unspecified atom stereocenters. The lowest BCUT2D eigenvalue weighted by atomic mass is 10.0. The summed E-state index contributed by atoms with van der Waals surface area (Å²) in [6, 6.07) is 3.87. The van der Waals surface area contributed by atoms with Gasteiger partial charge in [0.2, 0.25) is 0 Å². The smallest absolute Gasteiger partial charge is 0.304 e. The van der Waals surface area contributed by atoms with E-state index < -0.39 is 15.8 Å². The zero-order valence-corrected chi connectivity index (χ0v) is 15.3. The van der Waals surface area contributed by atoms with Crippen molar-refractivity contribution in [1.29, 1.82) is 0 Å². The van der Waals surface area contributed by atoms with Gasteiger partial charge in [-0.25, -0.2) is 8.42 Å². The lowest BCUT2D eigenvalue weighted by Gasteiger charge is -2.43. The highest BCUT2D eigenvalue weighted by Crippen LogP contribution is 2.28. The Hall–Kier alpha value is -1.51. The normalized spacial score (nSPS) is 26.4. The van der Waals surface area contributed by atoms with Crippen LogP contribution in [0.15, 0.2) is 18.3 Å². The molecule has 0 aliphatic carbocycles. The maximum Gasteiger partial charge on any atom is 0.304 e. The van der Waals surface area contributed by atoms with Gasteiger partial charge in [-0.05, 0) is 18.1 Å². The molecule has 3 heterocycles. The maximum absolute atomic E-state index is 12.2. The minimum absolute atomic E-state index is 0.0449. The number of carbonyl (C=O) groups is 1. The predicted molar refractivity (Wildman–Crippen MR) is 94.1 cm³/mol. The number of hydrogen-bond donors (Lipinski definition) is 1. The monoisotopic (exact) mass is 367 g/mol. The SMILES string of the molecule is CCc1ccc(CN2CCN(CCC(=O)O)C3CS(=O)(=O)CC32)nc1. The number of carboxylic acids is 1. The third kappa shape index (κ3) is 4.37. The van der Waals surface area contributed by atoms with Gasteiger partial charge in [-0.15, -0.1) is 0 Å². The van der Waals surface area contributed by atoms with Gasteiger partial charge in [0.1, 0.15) is 0 Å². The third-order valence-electron chi connectivity index (χ3n) is 5.18. The molecule has 25 heavy (non-hydrogen) atoms. The van der Waals surface area contributed by atoms with Crippen molar-refractivity contribution in [3.05, 3.63) is 29.6 Å². The largest absolute Gasteiger partial charge is 0.481 e. The van der Waals surface area contributed by atoms with E-state index in [1.165, 1.54) is 5.56 Å². The van der Waals surface area contributed by atoms with E-state index in [9.17, 15) is 13.2 Å². The highest BCUT2D eigenvalue weighted by Gasteiger charge is 2.46. The molecule has 0 aromatic carbocycles. The fourth-order valence-electron chi connectivity index (χ4n) is 3.78. The Balaban J connectivity index is 1.72.